The van der Waals surface area contributed by atoms with E-state index in [9.17, 15) is 4.79 Å². The van der Waals surface area contributed by atoms with Crippen molar-refractivity contribution in [2.45, 2.75) is 6.92 Å². The Balaban J connectivity index is 1.31. The minimum absolute atomic E-state index is 0.120. The number of nitrogens with zero attached hydrogens (tertiary/aromatic N) is 2. The molecule has 2 aliphatic rings. The molecule has 0 atom stereocenters. The largest absolute Gasteiger partial charge is 0.492 e. The van der Waals surface area contributed by atoms with Crippen molar-refractivity contribution in [3.63, 3.8) is 0 Å². The lowest BCUT2D eigenvalue weighted by atomic mass is 10.1. The lowest BCUT2D eigenvalue weighted by Gasteiger charge is -2.30. The lowest BCUT2D eigenvalue weighted by molar-refractivity contribution is 0.0323. The van der Waals surface area contributed by atoms with E-state index >= 15 is 0 Å². The summed E-state index contributed by atoms with van der Waals surface area (Å²) in [6, 6.07) is 17.8. The van der Waals surface area contributed by atoms with E-state index in [0.717, 1.165) is 79.4 Å². The molecule has 35 heavy (non-hydrogen) atoms. The Hall–Kier alpha value is -3.13. The Kier molecular flexibility index (Phi) is 7.47. The highest BCUT2D eigenvalue weighted by atomic mass is 16.5. The first-order valence-corrected chi connectivity index (χ1v) is 12.4. The molecular formula is C28H33N3O4. The van der Waals surface area contributed by atoms with Crippen molar-refractivity contribution >= 4 is 28.1 Å². The molecule has 184 valence electrons. The molecule has 2 aliphatic heterocycles. The summed E-state index contributed by atoms with van der Waals surface area (Å²) < 4.78 is 17.1. The quantitative estimate of drug-likeness (QED) is 0.558. The van der Waals surface area contributed by atoms with Crippen molar-refractivity contribution in [1.29, 1.82) is 0 Å². The minimum atomic E-state index is -0.120. The summed E-state index contributed by atoms with van der Waals surface area (Å²) >= 11 is 0. The van der Waals surface area contributed by atoms with Gasteiger partial charge >= 0.3 is 0 Å². The fourth-order valence-corrected chi connectivity index (χ4v) is 4.71. The Morgan fingerprint density at radius 1 is 0.914 bits per heavy atom. The van der Waals surface area contributed by atoms with Crippen LogP contribution in [0.3, 0.4) is 0 Å². The van der Waals surface area contributed by atoms with Crippen molar-refractivity contribution in [2.75, 3.05) is 76.0 Å². The summed E-state index contributed by atoms with van der Waals surface area (Å²) in [6.45, 7) is 10.1. The van der Waals surface area contributed by atoms with Crippen LogP contribution in [0.1, 0.15) is 15.9 Å². The highest BCUT2D eigenvalue weighted by molar-refractivity contribution is 6.10. The maximum atomic E-state index is 13.2. The maximum absolute atomic E-state index is 13.2. The molecule has 0 spiro atoms. The molecular weight excluding hydrogens is 442 g/mol. The SMILES string of the molecule is Cc1ccc(C(=O)Nc2ccc(OCCN3CCOCC3)c3ccccc23)cc1N1CCOCC1. The number of anilines is 2. The van der Waals surface area contributed by atoms with Crippen molar-refractivity contribution < 1.29 is 19.0 Å². The number of amides is 1. The Morgan fingerprint density at radius 2 is 1.63 bits per heavy atom. The zero-order valence-electron chi connectivity index (χ0n) is 20.3. The van der Waals surface area contributed by atoms with E-state index in [2.05, 4.69) is 22.0 Å². The normalized spacial score (nSPS) is 16.9. The van der Waals surface area contributed by atoms with E-state index in [1.807, 2.05) is 54.6 Å². The number of nitrogens with one attached hydrogen (secondary N) is 1. The molecule has 7 nitrogen and oxygen atoms in total. The third-order valence-electron chi connectivity index (χ3n) is 6.72. The molecule has 2 saturated heterocycles. The van der Waals surface area contributed by atoms with Crippen LogP contribution in [0.4, 0.5) is 11.4 Å². The zero-order chi connectivity index (χ0) is 24.0. The van der Waals surface area contributed by atoms with Gasteiger partial charge in [-0.2, -0.15) is 0 Å². The molecule has 3 aromatic rings. The van der Waals surface area contributed by atoms with Crippen LogP contribution in [-0.2, 0) is 9.47 Å². The highest BCUT2D eigenvalue weighted by Gasteiger charge is 2.17. The van der Waals surface area contributed by atoms with E-state index in [1.165, 1.54) is 0 Å². The number of fused-ring (bicyclic) bond motifs is 1. The van der Waals surface area contributed by atoms with Crippen molar-refractivity contribution in [3.05, 3.63) is 65.7 Å². The first-order valence-electron chi connectivity index (χ1n) is 12.4. The van der Waals surface area contributed by atoms with Crippen LogP contribution in [0.2, 0.25) is 0 Å². The number of aryl methyl sites for hydroxylation is 1. The summed E-state index contributed by atoms with van der Waals surface area (Å²) in [5.74, 6) is 0.711. The molecule has 0 aliphatic carbocycles. The van der Waals surface area contributed by atoms with E-state index in [0.29, 0.717) is 25.4 Å². The maximum Gasteiger partial charge on any atom is 0.255 e. The molecule has 5 rings (SSSR count). The summed E-state index contributed by atoms with van der Waals surface area (Å²) in [5, 5.41) is 5.08. The van der Waals surface area contributed by atoms with Gasteiger partial charge in [0.1, 0.15) is 12.4 Å². The predicted octanol–water partition coefficient (Wildman–Crippen LogP) is 3.95. The number of carbonyl (C=O) groups excluding carboxylic acids is 1. The third kappa shape index (κ3) is 5.59. The zero-order valence-corrected chi connectivity index (χ0v) is 20.3. The molecule has 0 saturated carbocycles. The van der Waals surface area contributed by atoms with Gasteiger partial charge in [-0.15, -0.1) is 0 Å². The number of hydrogen-bond acceptors (Lipinski definition) is 6. The van der Waals surface area contributed by atoms with Gasteiger partial charge in [0.05, 0.1) is 26.4 Å². The van der Waals surface area contributed by atoms with Gasteiger partial charge in [0.2, 0.25) is 0 Å². The number of morpholine rings is 2. The van der Waals surface area contributed by atoms with Gasteiger partial charge < -0.3 is 24.4 Å². The van der Waals surface area contributed by atoms with Crippen molar-refractivity contribution in [1.82, 2.24) is 4.90 Å². The fourth-order valence-electron chi connectivity index (χ4n) is 4.71. The van der Waals surface area contributed by atoms with Gasteiger partial charge in [-0.25, -0.2) is 0 Å². The first-order chi connectivity index (χ1) is 17.2. The molecule has 7 heteroatoms. The molecule has 0 bridgehead atoms. The number of rotatable bonds is 7. The summed E-state index contributed by atoms with van der Waals surface area (Å²) in [4.78, 5) is 17.9. The summed E-state index contributed by atoms with van der Waals surface area (Å²) in [5.41, 5.74) is 3.67. The van der Waals surface area contributed by atoms with Crippen LogP contribution in [0.15, 0.2) is 54.6 Å². The topological polar surface area (TPSA) is 63.3 Å². The molecule has 1 amide bonds. The van der Waals surface area contributed by atoms with Crippen molar-refractivity contribution in [2.24, 2.45) is 0 Å². The number of carbonyl (C=O) groups is 1. The Labute approximate surface area is 206 Å². The molecule has 2 heterocycles. The number of hydrogen-bond donors (Lipinski definition) is 1. The minimum Gasteiger partial charge on any atom is -0.492 e. The van der Waals surface area contributed by atoms with Crippen LogP contribution in [0, 0.1) is 6.92 Å². The van der Waals surface area contributed by atoms with Gasteiger partial charge in [-0.3, -0.25) is 9.69 Å². The predicted molar refractivity (Wildman–Crippen MR) is 139 cm³/mol. The Bertz CT molecular complexity index is 1170. The summed E-state index contributed by atoms with van der Waals surface area (Å²) in [6.07, 6.45) is 0. The third-order valence-corrected chi connectivity index (χ3v) is 6.72. The van der Waals surface area contributed by atoms with Gasteiger partial charge in [-0.1, -0.05) is 30.3 Å². The van der Waals surface area contributed by atoms with E-state index < -0.39 is 0 Å². The van der Waals surface area contributed by atoms with Crippen LogP contribution < -0.4 is 15.0 Å². The monoisotopic (exact) mass is 475 g/mol. The highest BCUT2D eigenvalue weighted by Crippen LogP contribution is 2.32. The van der Waals surface area contributed by atoms with Crippen LogP contribution in [-0.4, -0.2) is 76.6 Å². The average molecular weight is 476 g/mol. The first kappa shape index (κ1) is 23.6. The lowest BCUT2D eigenvalue weighted by Crippen LogP contribution is -2.38. The van der Waals surface area contributed by atoms with Crippen LogP contribution in [0.5, 0.6) is 5.75 Å². The second kappa shape index (κ2) is 11.1. The standard InChI is InChI=1S/C28H33N3O4/c1-21-6-7-22(20-26(21)31-13-17-34-18-14-31)28(32)29-25-8-9-27(24-5-3-2-4-23(24)25)35-19-12-30-10-15-33-16-11-30/h2-9,20H,10-19H2,1H3,(H,29,32). The molecule has 0 radical (unpaired) electrons. The molecule has 1 N–H and O–H groups in total. The van der Waals surface area contributed by atoms with Gasteiger partial charge in [0.15, 0.2) is 0 Å². The molecule has 2 fully saturated rings. The smallest absolute Gasteiger partial charge is 0.255 e. The number of benzene rings is 3. The van der Waals surface area contributed by atoms with Crippen LogP contribution in [0.25, 0.3) is 10.8 Å². The second-order valence-electron chi connectivity index (χ2n) is 9.01. The van der Waals surface area contributed by atoms with Gasteiger partial charge in [-0.05, 0) is 36.8 Å². The van der Waals surface area contributed by atoms with E-state index in [1.54, 1.807) is 0 Å². The number of ether oxygens (including phenoxy) is 3. The van der Waals surface area contributed by atoms with E-state index in [4.69, 9.17) is 14.2 Å². The molecule has 0 unspecified atom stereocenters. The summed E-state index contributed by atoms with van der Waals surface area (Å²) in [7, 11) is 0. The average Bonchev–Trinajstić information content (AvgIpc) is 2.91. The van der Waals surface area contributed by atoms with Gasteiger partial charge in [0, 0.05) is 60.4 Å². The Morgan fingerprint density at radius 3 is 2.40 bits per heavy atom. The van der Waals surface area contributed by atoms with Crippen molar-refractivity contribution in [3.8, 4) is 5.75 Å². The van der Waals surface area contributed by atoms with Crippen LogP contribution >= 0.6 is 0 Å². The second-order valence-corrected chi connectivity index (χ2v) is 9.01. The van der Waals surface area contributed by atoms with E-state index in [-0.39, 0.29) is 5.91 Å². The fraction of sp³-hybridized carbons (Fsp3) is 0.393. The van der Waals surface area contributed by atoms with Gasteiger partial charge in [0.25, 0.3) is 5.91 Å². The molecule has 3 aromatic carbocycles. The molecule has 0 aromatic heterocycles.